The highest BCUT2D eigenvalue weighted by Crippen LogP contribution is 2.41. The number of nitrogens with one attached hydrogen (secondary N) is 2. The number of aliphatic hydroxyl groups excluding tert-OH is 2. The summed E-state index contributed by atoms with van der Waals surface area (Å²) >= 11 is 3.29. The normalized spacial score (nSPS) is 17.6. The molecule has 460 valence electrons. The van der Waals surface area contributed by atoms with Crippen molar-refractivity contribution in [3.63, 3.8) is 0 Å². The number of halogens is 3. The number of benzene rings is 6. The minimum Gasteiger partial charge on any atom is -0.451 e. The maximum Gasteiger partial charge on any atom is 0.488 e. The summed E-state index contributed by atoms with van der Waals surface area (Å²) < 4.78 is 51.3. The fourth-order valence-corrected chi connectivity index (χ4v) is 11.1. The summed E-state index contributed by atoms with van der Waals surface area (Å²) in [5.74, 6) is 2.28. The molecule has 2 aliphatic rings. The summed E-state index contributed by atoms with van der Waals surface area (Å²) in [4.78, 5) is 45.3. The molecule has 0 unspecified atom stereocenters. The van der Waals surface area contributed by atoms with Gasteiger partial charge in [-0.15, -0.1) is 0 Å². The number of hydrogen-bond acceptors (Lipinski definition) is 16. The molecule has 10 rings (SSSR count). The topological polar surface area (TPSA) is 234 Å². The highest BCUT2D eigenvalue weighted by atomic mass is 79.9. The van der Waals surface area contributed by atoms with Gasteiger partial charge in [-0.05, 0) is 123 Å². The number of alkyl carbamates (subject to hydrolysis) is 2. The Bertz CT molecular complexity index is 3540. The lowest BCUT2D eigenvalue weighted by molar-refractivity contribution is 0.132. The molecular formula is C66H72BBrF2N8O10. The van der Waals surface area contributed by atoms with Gasteiger partial charge in [0.05, 0.1) is 41.2 Å². The standard InChI is InChI=1S/C33H35FN4O4.C24H24BrFN4O4.C9H13BO2/c1-21(2)25-11-7-8-12-26(25)27-15-23(34)13-14-30(27)42-31-18-35-20-36-32(31)38(3)28-16-24(17-29(28)39)37-33(40)41-19-22-9-5-4-6-10-22;1-30(23-22(12-27-14-28-23)34-21-8-7-16(26)9-18(21)25)19-10-17(11-20(19)31)29-24(32)33-13-15-5-3-2-4-6-15;1-7(2)8-5-3-4-6-9(8)10(11)12/h4-15,18,20-21,24,28-29,39H,16-17,19H2,1-3H3,(H,37,40);2-9,12,14,17,19-20,31H,10-11,13H2,1H3,(H,29,32);3-7,11-12H,1-2H3/t24-,28+,29-;17-,19+,20-;/m11./s1. The van der Waals surface area contributed by atoms with Gasteiger partial charge in [0, 0.05) is 31.7 Å². The van der Waals surface area contributed by atoms with Crippen molar-refractivity contribution in [1.29, 1.82) is 0 Å². The molecule has 0 saturated heterocycles. The van der Waals surface area contributed by atoms with Crippen molar-refractivity contribution >= 4 is 52.3 Å². The van der Waals surface area contributed by atoms with Crippen LogP contribution in [0.15, 0.2) is 175 Å². The van der Waals surface area contributed by atoms with E-state index in [9.17, 15) is 28.6 Å². The lowest BCUT2D eigenvalue weighted by atomic mass is 9.74. The van der Waals surface area contributed by atoms with E-state index < -0.39 is 37.3 Å². The molecule has 2 fully saturated rings. The van der Waals surface area contributed by atoms with Gasteiger partial charge in [0.1, 0.15) is 49.0 Å². The Morgan fingerprint density at radius 3 is 1.50 bits per heavy atom. The predicted molar refractivity (Wildman–Crippen MR) is 337 cm³/mol. The zero-order chi connectivity index (χ0) is 62.9. The van der Waals surface area contributed by atoms with Gasteiger partial charge in [-0.3, -0.25) is 0 Å². The van der Waals surface area contributed by atoms with Crippen molar-refractivity contribution in [2.24, 2.45) is 0 Å². The van der Waals surface area contributed by atoms with Crippen LogP contribution in [0.25, 0.3) is 11.1 Å². The van der Waals surface area contributed by atoms with Gasteiger partial charge in [0.25, 0.3) is 0 Å². The second-order valence-corrected chi connectivity index (χ2v) is 22.8. The summed E-state index contributed by atoms with van der Waals surface area (Å²) in [5, 5.41) is 45.4. The van der Waals surface area contributed by atoms with Crippen LogP contribution in [0.2, 0.25) is 0 Å². The van der Waals surface area contributed by atoms with E-state index >= 15 is 0 Å². The second kappa shape index (κ2) is 31.4. The number of carbonyl (C=O) groups is 2. The van der Waals surface area contributed by atoms with E-state index in [1.807, 2.05) is 123 Å². The third kappa shape index (κ3) is 17.8. The van der Waals surface area contributed by atoms with Crippen LogP contribution in [-0.4, -0.2) is 110 Å². The number of ether oxygens (including phenoxy) is 4. The van der Waals surface area contributed by atoms with Crippen LogP contribution in [-0.2, 0) is 22.7 Å². The monoisotopic (exact) mass is 1260 g/mol. The Labute approximate surface area is 519 Å². The van der Waals surface area contributed by atoms with Gasteiger partial charge in [0.2, 0.25) is 0 Å². The molecule has 0 spiro atoms. The number of nitrogens with zero attached hydrogens (tertiary/aromatic N) is 6. The first-order valence-electron chi connectivity index (χ1n) is 28.8. The number of rotatable bonds is 18. The third-order valence-corrected chi connectivity index (χ3v) is 15.7. The van der Waals surface area contributed by atoms with E-state index in [0.29, 0.717) is 81.7 Å². The van der Waals surface area contributed by atoms with Crippen molar-refractivity contribution < 1.29 is 57.6 Å². The Hall–Kier alpha value is -8.54. The molecule has 18 nitrogen and oxygen atoms in total. The van der Waals surface area contributed by atoms with E-state index in [0.717, 1.165) is 27.8 Å². The average molecular weight is 1270 g/mol. The molecule has 2 heterocycles. The van der Waals surface area contributed by atoms with Gasteiger partial charge >= 0.3 is 19.3 Å². The molecule has 2 aliphatic carbocycles. The number of carbonyl (C=O) groups excluding carboxylic acids is 2. The Balaban J connectivity index is 0.000000195. The molecule has 22 heteroatoms. The molecule has 6 atom stereocenters. The van der Waals surface area contributed by atoms with Crippen molar-refractivity contribution in [3.05, 3.63) is 209 Å². The minimum absolute atomic E-state index is 0.167. The first-order valence-corrected chi connectivity index (χ1v) is 29.6. The smallest absolute Gasteiger partial charge is 0.451 e. The van der Waals surface area contributed by atoms with Crippen molar-refractivity contribution in [3.8, 4) is 34.1 Å². The predicted octanol–water partition coefficient (Wildman–Crippen LogP) is 11.4. The molecule has 0 aliphatic heterocycles. The number of amides is 2. The Morgan fingerprint density at radius 1 is 0.580 bits per heavy atom. The molecule has 88 heavy (non-hydrogen) atoms. The number of aliphatic hydroxyl groups is 2. The molecule has 0 bridgehead atoms. The summed E-state index contributed by atoms with van der Waals surface area (Å²) in [7, 11) is 2.25. The molecule has 6 N–H and O–H groups in total. The number of hydrogen-bond donors (Lipinski definition) is 6. The molecule has 6 aromatic carbocycles. The fourth-order valence-electron chi connectivity index (χ4n) is 10.6. The summed E-state index contributed by atoms with van der Waals surface area (Å²) in [6, 6.07) is 41.4. The molecule has 2 amide bonds. The van der Waals surface area contributed by atoms with E-state index in [4.69, 9.17) is 29.0 Å². The molecule has 2 aromatic heterocycles. The van der Waals surface area contributed by atoms with Crippen molar-refractivity contribution in [1.82, 2.24) is 30.6 Å². The van der Waals surface area contributed by atoms with Gasteiger partial charge in [-0.2, -0.15) is 0 Å². The maximum atomic E-state index is 14.5. The van der Waals surface area contributed by atoms with E-state index in [1.54, 1.807) is 36.3 Å². The van der Waals surface area contributed by atoms with Crippen molar-refractivity contribution in [2.45, 2.75) is 115 Å². The van der Waals surface area contributed by atoms with Crippen LogP contribution in [0.5, 0.6) is 23.0 Å². The van der Waals surface area contributed by atoms with Crippen LogP contribution in [0.4, 0.5) is 30.0 Å². The van der Waals surface area contributed by atoms with Crippen LogP contribution in [0.3, 0.4) is 0 Å². The lowest BCUT2D eigenvalue weighted by Crippen LogP contribution is -2.39. The van der Waals surface area contributed by atoms with Crippen LogP contribution >= 0.6 is 15.9 Å². The van der Waals surface area contributed by atoms with E-state index in [-0.39, 0.29) is 49.1 Å². The molecule has 8 aromatic rings. The summed E-state index contributed by atoms with van der Waals surface area (Å²) in [6.07, 6.45) is 5.07. The Kier molecular flexibility index (Phi) is 23.3. The first-order chi connectivity index (χ1) is 42.3. The summed E-state index contributed by atoms with van der Waals surface area (Å²) in [6.45, 7) is 8.58. The maximum absolute atomic E-state index is 14.5. The van der Waals surface area contributed by atoms with E-state index in [1.165, 1.54) is 49.2 Å². The molecule has 2 saturated carbocycles. The second-order valence-electron chi connectivity index (χ2n) is 22.0. The first kappa shape index (κ1) is 65.4. The Morgan fingerprint density at radius 2 is 1.02 bits per heavy atom. The SMILES string of the molecule is CC(C)c1ccccc1-c1cc(F)ccc1Oc1cncnc1N(C)[C@H]1C[C@@H](NC(=O)OCc2ccccc2)C[C@H]1O.CC(C)c1ccccc1B(O)O.CN(c1ncncc1Oc1ccc(F)cc1Br)[C@H]1C[C@@H](NC(=O)OCc2ccccc2)C[C@H]1O. The summed E-state index contributed by atoms with van der Waals surface area (Å²) in [5.41, 5.74) is 5.96. The third-order valence-electron chi connectivity index (χ3n) is 15.1. The highest BCUT2D eigenvalue weighted by Gasteiger charge is 2.39. The van der Waals surface area contributed by atoms with Gasteiger partial charge < -0.3 is 59.6 Å². The number of likely N-dealkylation sites (N-methyl/N-ethyl adjacent to an activating group) is 2. The number of anilines is 2. The largest absolute Gasteiger partial charge is 0.488 e. The molecule has 0 radical (unpaired) electrons. The van der Waals surface area contributed by atoms with Crippen LogP contribution in [0.1, 0.15) is 87.5 Å². The highest BCUT2D eigenvalue weighted by molar-refractivity contribution is 9.10. The van der Waals surface area contributed by atoms with Gasteiger partial charge in [-0.1, -0.05) is 137 Å². The zero-order valence-corrected chi connectivity index (χ0v) is 51.2. The van der Waals surface area contributed by atoms with E-state index in [2.05, 4.69) is 60.3 Å². The van der Waals surface area contributed by atoms with Crippen LogP contribution in [0, 0.1) is 11.6 Å². The quantitative estimate of drug-likeness (QED) is 0.0438. The number of aromatic nitrogens is 4. The zero-order valence-electron chi connectivity index (χ0n) is 49.7. The van der Waals surface area contributed by atoms with Gasteiger partial charge in [-0.25, -0.2) is 38.3 Å². The van der Waals surface area contributed by atoms with Crippen molar-refractivity contribution in [2.75, 3.05) is 23.9 Å². The fraction of sp³-hybridized carbons (Fsp3) is 0.303. The minimum atomic E-state index is -1.36. The average Bonchev–Trinajstić information content (AvgIpc) is 1.94. The van der Waals surface area contributed by atoms with Gasteiger partial charge in [0.15, 0.2) is 23.1 Å². The molecular weight excluding hydrogens is 1190 g/mol. The van der Waals surface area contributed by atoms with Crippen LogP contribution < -0.4 is 35.4 Å². The lowest BCUT2D eigenvalue weighted by Gasteiger charge is -2.29.